The van der Waals surface area contributed by atoms with E-state index in [-0.39, 0.29) is 65.4 Å². The summed E-state index contributed by atoms with van der Waals surface area (Å²) in [7, 11) is 0. The molecule has 2 radical (unpaired) electrons. The monoisotopic (exact) mass is 1620 g/mol. The molecule has 0 N–H and O–H groups in total. The molecule has 0 saturated carbocycles. The van der Waals surface area contributed by atoms with E-state index in [1.165, 1.54) is 121 Å². The van der Waals surface area contributed by atoms with E-state index in [0.717, 1.165) is 22.3 Å². The minimum Gasteiger partial charge on any atom is -0.226 e. The Morgan fingerprint density at radius 1 is 0.164 bits per heavy atom. The van der Waals surface area contributed by atoms with Gasteiger partial charge in [-0.25, -0.2) is 22.3 Å². The first-order chi connectivity index (χ1) is 52.2. The van der Waals surface area contributed by atoms with Crippen molar-refractivity contribution in [1.29, 1.82) is 0 Å². The van der Waals surface area contributed by atoms with Crippen LogP contribution in [0.5, 0.6) is 0 Å². The first kappa shape index (κ1) is 116. The van der Waals surface area contributed by atoms with Crippen LogP contribution in [0.4, 0.5) is 0 Å². The van der Waals surface area contributed by atoms with Gasteiger partial charge < -0.3 is 0 Å². The van der Waals surface area contributed by atoms with E-state index < -0.39 is 0 Å². The van der Waals surface area contributed by atoms with Gasteiger partial charge in [0.2, 0.25) is 0 Å². The smallest absolute Gasteiger partial charge is 0 e. The molecular formula is C108H150Y2-4. The summed E-state index contributed by atoms with van der Waals surface area (Å²) in [6.45, 7) is 73.8. The zero-order chi connectivity index (χ0) is 83.5. The fourth-order valence-corrected chi connectivity index (χ4v) is 9.63. The van der Waals surface area contributed by atoms with Gasteiger partial charge in [-0.05, 0) is 149 Å². The molecule has 13 aromatic rings. The second-order valence-electron chi connectivity index (χ2n) is 23.4. The van der Waals surface area contributed by atoms with Gasteiger partial charge in [-0.2, -0.15) is 84.9 Å². The molecule has 0 bridgehead atoms. The summed E-state index contributed by atoms with van der Waals surface area (Å²) in [4.78, 5) is 0. The van der Waals surface area contributed by atoms with Crippen LogP contribution in [0.1, 0.15) is 227 Å². The molecule has 0 unspecified atom stereocenters. The zero-order valence-corrected chi connectivity index (χ0v) is 82.1. The van der Waals surface area contributed by atoms with E-state index in [1.54, 1.807) is 0 Å². The largest absolute Gasteiger partial charge is 0.226 e. The maximum Gasteiger partial charge on any atom is 0 e. The Kier molecular flexibility index (Phi) is 80.1. The Labute approximate surface area is 730 Å². The quantitative estimate of drug-likeness (QED) is 0.151. The molecular weight excluding hydrogens is 1470 g/mol. The van der Waals surface area contributed by atoms with Crippen molar-refractivity contribution >= 4 is 32.3 Å². The average Bonchev–Trinajstić information content (AvgIpc) is 0.836. The normalized spacial score (nSPS) is 8.58. The number of hydrogen-bond acceptors (Lipinski definition) is 0. The minimum atomic E-state index is 0. The van der Waals surface area contributed by atoms with E-state index in [9.17, 15) is 0 Å². The van der Waals surface area contributed by atoms with Crippen molar-refractivity contribution in [2.45, 2.75) is 249 Å². The standard InChI is InChI=1S/2C14H12.3C12H12.3C8H10.10C2H6.2Y/c1-11-3-7-13(8-4-11)14-9-5-12(2)6-10-14;1-11-5-3-7-13(9-11)14-8-4-6-12(2)10-14;1-9-3-5-12-8-10(2)4-6-11(12)7-9;1-9-5-3-8-12-10(2)6-4-7-11(9)12;1-9-7-8-10(2)12-6-4-3-5-11(9)12;1-7-3-5-8(2)6-4-7;1-7-4-3-5-8(2)6-7;1-7-5-3-4-6-8(7)2;10*1-2;;/h3-7,9H,1-2H3;3-6,9-10H,1-2H3;3*3-8H,1-2H3;3*3-6H,1-2H3;10*1-2H3;;/q2*-2;;;;;;;;;;;;;;;;;;. The number of hydrogen-bond donors (Lipinski definition) is 0. The SMILES string of the molecule is CC.CC.CC.CC.CC.CC.CC.CC.CC.CC.Cc1c[c-]c(-c2[c-]cc(C)cc2)cc1.Cc1cc[c-]c(-c2[c-]ccc(C)c2)c1.Cc1ccc(C)c2ccccc12.Cc1ccc(C)cc1.Cc1ccc2cc(C)ccc2c1.Cc1cccc(C)c1.Cc1cccc2c(C)cccc12.Cc1ccccc1C.[Y].[Y]. The maximum absolute atomic E-state index is 3.24. The van der Waals surface area contributed by atoms with Gasteiger partial charge in [0, 0.05) is 65.4 Å². The summed E-state index contributed by atoms with van der Waals surface area (Å²) in [5.74, 6) is 0. The van der Waals surface area contributed by atoms with E-state index in [1.807, 2.05) is 163 Å². The van der Waals surface area contributed by atoms with Gasteiger partial charge in [0.15, 0.2) is 0 Å². The van der Waals surface area contributed by atoms with Crippen molar-refractivity contribution in [1.82, 2.24) is 0 Å². The van der Waals surface area contributed by atoms with Gasteiger partial charge in [-0.1, -0.05) is 382 Å². The molecule has 2 heteroatoms. The van der Waals surface area contributed by atoms with Gasteiger partial charge in [0.05, 0.1) is 0 Å². The third-order valence-electron chi connectivity index (χ3n) is 15.1. The third-order valence-corrected chi connectivity index (χ3v) is 15.1. The molecule has 592 valence electrons. The molecule has 0 aromatic heterocycles. The van der Waals surface area contributed by atoms with Crippen LogP contribution in [0.2, 0.25) is 0 Å². The van der Waals surface area contributed by atoms with Crippen LogP contribution in [0.25, 0.3) is 54.6 Å². The summed E-state index contributed by atoms with van der Waals surface area (Å²) in [5, 5.41) is 8.16. The van der Waals surface area contributed by atoms with Crippen molar-refractivity contribution in [2.24, 2.45) is 0 Å². The van der Waals surface area contributed by atoms with Crippen LogP contribution >= 0.6 is 0 Å². The number of rotatable bonds is 2. The summed E-state index contributed by atoms with van der Waals surface area (Å²) in [5.41, 5.74) is 25.6. The first-order valence-electron chi connectivity index (χ1n) is 40.6. The number of fused-ring (bicyclic) bond motifs is 3. The number of benzene rings is 13. The molecule has 13 aromatic carbocycles. The van der Waals surface area contributed by atoms with Gasteiger partial charge in [0.1, 0.15) is 0 Å². The summed E-state index contributed by atoms with van der Waals surface area (Å²) in [6, 6.07) is 102. The molecule has 0 nitrogen and oxygen atoms in total. The number of aryl methyl sites for hydroxylation is 16. The van der Waals surface area contributed by atoms with E-state index in [4.69, 9.17) is 0 Å². The Morgan fingerprint density at radius 3 is 0.664 bits per heavy atom. The fraction of sp³-hybridized carbons (Fsp3) is 0.333. The second-order valence-corrected chi connectivity index (χ2v) is 23.4. The van der Waals surface area contributed by atoms with Crippen molar-refractivity contribution in [3.8, 4) is 22.3 Å². The van der Waals surface area contributed by atoms with Crippen LogP contribution in [0.15, 0.2) is 255 Å². The van der Waals surface area contributed by atoms with E-state index >= 15 is 0 Å². The third kappa shape index (κ3) is 50.0. The topological polar surface area (TPSA) is 0 Å². The molecule has 0 atom stereocenters. The van der Waals surface area contributed by atoms with E-state index in [2.05, 4.69) is 366 Å². The van der Waals surface area contributed by atoms with Crippen LogP contribution in [-0.2, 0) is 65.4 Å². The van der Waals surface area contributed by atoms with Crippen molar-refractivity contribution < 1.29 is 65.4 Å². The Bertz CT molecular complexity index is 3940. The zero-order valence-electron chi connectivity index (χ0n) is 76.4. The summed E-state index contributed by atoms with van der Waals surface area (Å²) in [6.07, 6.45) is 0. The second kappa shape index (κ2) is 75.9. The molecule has 0 aliphatic heterocycles. The molecule has 0 saturated heterocycles. The molecule has 0 aliphatic carbocycles. The molecule has 0 aliphatic rings. The van der Waals surface area contributed by atoms with Crippen LogP contribution in [0, 0.1) is 135 Å². The molecule has 0 heterocycles. The van der Waals surface area contributed by atoms with Gasteiger partial charge >= 0.3 is 0 Å². The molecule has 0 amide bonds. The molecule has 0 spiro atoms. The van der Waals surface area contributed by atoms with Crippen molar-refractivity contribution in [3.63, 3.8) is 0 Å². The average molecular weight is 1630 g/mol. The Morgan fingerprint density at radius 2 is 0.400 bits per heavy atom. The van der Waals surface area contributed by atoms with Gasteiger partial charge in [0.25, 0.3) is 0 Å². The predicted molar refractivity (Wildman–Crippen MR) is 500 cm³/mol. The fourth-order valence-electron chi connectivity index (χ4n) is 9.63. The molecule has 0 fully saturated rings. The Hall–Kier alpha value is -7.15. The van der Waals surface area contributed by atoms with Crippen LogP contribution in [0.3, 0.4) is 0 Å². The van der Waals surface area contributed by atoms with Gasteiger partial charge in [-0.15, -0.1) is 34.4 Å². The molecule has 13 rings (SSSR count). The van der Waals surface area contributed by atoms with Gasteiger partial charge in [-0.3, -0.25) is 0 Å². The van der Waals surface area contributed by atoms with Crippen molar-refractivity contribution in [2.75, 3.05) is 0 Å². The van der Waals surface area contributed by atoms with Crippen molar-refractivity contribution in [3.05, 3.63) is 368 Å². The first-order valence-corrected chi connectivity index (χ1v) is 40.6. The summed E-state index contributed by atoms with van der Waals surface area (Å²) < 4.78 is 0. The van der Waals surface area contributed by atoms with E-state index in [0.29, 0.717) is 0 Å². The Balaban J connectivity index is -0.000000214. The maximum atomic E-state index is 3.24. The molecule has 110 heavy (non-hydrogen) atoms. The predicted octanol–water partition coefficient (Wildman–Crippen LogP) is 34.7. The van der Waals surface area contributed by atoms with Crippen LogP contribution < -0.4 is 0 Å². The minimum absolute atomic E-state index is 0. The summed E-state index contributed by atoms with van der Waals surface area (Å²) >= 11 is 0. The van der Waals surface area contributed by atoms with Crippen LogP contribution in [-0.4, -0.2) is 0 Å².